The molecule has 0 radical (unpaired) electrons. The minimum Gasteiger partial charge on any atom is -0.493 e. The van der Waals surface area contributed by atoms with Crippen LogP contribution in [0.2, 0.25) is 0 Å². The van der Waals surface area contributed by atoms with Gasteiger partial charge in [-0.05, 0) is 31.0 Å². The Bertz CT molecular complexity index is 1050. The minimum atomic E-state index is -4.52. The molecule has 170 valence electrons. The molecular weight excluding hydrogens is 435 g/mol. The largest absolute Gasteiger partial charge is 0.493 e. The summed E-state index contributed by atoms with van der Waals surface area (Å²) in [4.78, 5) is 14.8. The van der Waals surface area contributed by atoms with Crippen LogP contribution in [0.15, 0.2) is 30.5 Å². The molecule has 1 aromatic heterocycles. The predicted octanol–water partition coefficient (Wildman–Crippen LogP) is 3.33. The highest BCUT2D eigenvalue weighted by Crippen LogP contribution is 2.31. The van der Waals surface area contributed by atoms with E-state index in [1.54, 1.807) is 0 Å². The third-order valence-electron chi connectivity index (χ3n) is 5.20. The molecule has 1 saturated heterocycles. The van der Waals surface area contributed by atoms with Crippen molar-refractivity contribution in [3.05, 3.63) is 41.7 Å². The summed E-state index contributed by atoms with van der Waals surface area (Å²) in [6, 6.07) is 4.11. The monoisotopic (exact) mass is 459 g/mol. The molecule has 7 nitrogen and oxygen atoms in total. The molecule has 3 rings (SSSR count). The number of hydrogen-bond donors (Lipinski definition) is 0. The quantitative estimate of drug-likeness (QED) is 0.635. The van der Waals surface area contributed by atoms with Gasteiger partial charge in [0.25, 0.3) is 5.91 Å². The number of methoxy groups -OCH3 is 1. The second-order valence-electron chi connectivity index (χ2n) is 7.45. The van der Waals surface area contributed by atoms with E-state index in [1.807, 2.05) is 6.92 Å². The first kappa shape index (κ1) is 23.1. The van der Waals surface area contributed by atoms with Crippen LogP contribution in [-0.2, 0) is 16.0 Å². The van der Waals surface area contributed by atoms with Crippen molar-refractivity contribution in [2.45, 2.75) is 38.4 Å². The van der Waals surface area contributed by atoms with E-state index in [-0.39, 0.29) is 28.6 Å². The molecule has 2 heterocycles. The van der Waals surface area contributed by atoms with Crippen LogP contribution in [0.3, 0.4) is 0 Å². The van der Waals surface area contributed by atoms with Crippen molar-refractivity contribution in [1.29, 1.82) is 0 Å². The molecular formula is C20H24F3N3O4S. The number of unbranched alkanes of at least 4 members (excludes halogenated alkanes) is 1. The zero-order chi connectivity index (χ0) is 22.8. The second kappa shape index (κ2) is 8.89. The van der Waals surface area contributed by atoms with Crippen LogP contribution in [-0.4, -0.2) is 60.2 Å². The van der Waals surface area contributed by atoms with E-state index < -0.39 is 33.5 Å². The topological polar surface area (TPSA) is 81.5 Å². The molecule has 1 unspecified atom stereocenters. The Morgan fingerprint density at radius 1 is 1.35 bits per heavy atom. The molecule has 0 spiro atoms. The lowest BCUT2D eigenvalue weighted by atomic mass is 10.1. The van der Waals surface area contributed by atoms with Crippen LogP contribution in [0, 0.1) is 0 Å². The van der Waals surface area contributed by atoms with Gasteiger partial charge >= 0.3 is 6.18 Å². The Kier molecular flexibility index (Phi) is 6.63. The summed E-state index contributed by atoms with van der Waals surface area (Å²) in [6.45, 7) is 2.31. The Balaban J connectivity index is 1.96. The van der Waals surface area contributed by atoms with Gasteiger partial charge in [0.1, 0.15) is 0 Å². The maximum Gasteiger partial charge on any atom is 0.416 e. The average Bonchev–Trinajstić information content (AvgIpc) is 3.31. The van der Waals surface area contributed by atoms with E-state index in [9.17, 15) is 26.4 Å². The van der Waals surface area contributed by atoms with Gasteiger partial charge < -0.3 is 9.64 Å². The number of nitrogens with zero attached hydrogens (tertiary/aromatic N) is 3. The highest BCUT2D eigenvalue weighted by Gasteiger charge is 2.36. The number of carbonyl (C=O) groups excluding carboxylic acids is 1. The molecule has 0 aliphatic carbocycles. The molecule has 1 atom stereocenters. The number of hydrogen-bond acceptors (Lipinski definition) is 5. The number of rotatable bonds is 7. The van der Waals surface area contributed by atoms with Crippen molar-refractivity contribution in [3.8, 4) is 11.4 Å². The van der Waals surface area contributed by atoms with Gasteiger partial charge in [-0.15, -0.1) is 0 Å². The van der Waals surface area contributed by atoms with E-state index in [2.05, 4.69) is 5.10 Å². The molecule has 2 aromatic rings. The highest BCUT2D eigenvalue weighted by molar-refractivity contribution is 7.91. The fourth-order valence-corrected chi connectivity index (χ4v) is 5.28. The smallest absolute Gasteiger partial charge is 0.416 e. The summed E-state index contributed by atoms with van der Waals surface area (Å²) in [5, 5.41) is 4.19. The molecule has 0 saturated carbocycles. The molecule has 1 amide bonds. The normalized spacial score (nSPS) is 18.2. The van der Waals surface area contributed by atoms with Gasteiger partial charge in [0.05, 0.1) is 36.1 Å². The van der Waals surface area contributed by atoms with Gasteiger partial charge in [-0.1, -0.05) is 19.4 Å². The minimum absolute atomic E-state index is 0.0172. The Morgan fingerprint density at radius 2 is 2.10 bits per heavy atom. The summed E-state index contributed by atoms with van der Waals surface area (Å²) in [6.07, 6.45) is -1.35. The zero-order valence-electron chi connectivity index (χ0n) is 17.2. The van der Waals surface area contributed by atoms with Crippen LogP contribution in [0.1, 0.15) is 42.2 Å². The van der Waals surface area contributed by atoms with E-state index in [1.165, 1.54) is 30.3 Å². The number of amides is 1. The molecule has 31 heavy (non-hydrogen) atoms. The molecule has 1 aromatic carbocycles. The van der Waals surface area contributed by atoms with Gasteiger partial charge in [-0.2, -0.15) is 18.3 Å². The number of carbonyl (C=O) groups is 1. The lowest BCUT2D eigenvalue weighted by Crippen LogP contribution is -2.42. The van der Waals surface area contributed by atoms with Crippen LogP contribution in [0.25, 0.3) is 5.69 Å². The van der Waals surface area contributed by atoms with Crippen LogP contribution >= 0.6 is 0 Å². The number of sulfone groups is 1. The van der Waals surface area contributed by atoms with Gasteiger partial charge in [0.15, 0.2) is 21.3 Å². The number of ether oxygens (including phenoxy) is 1. The molecule has 11 heteroatoms. The Hall–Kier alpha value is -2.56. The van der Waals surface area contributed by atoms with Crippen molar-refractivity contribution in [2.75, 3.05) is 25.2 Å². The van der Waals surface area contributed by atoms with E-state index in [4.69, 9.17) is 4.74 Å². The first-order valence-electron chi connectivity index (χ1n) is 9.88. The van der Waals surface area contributed by atoms with Crippen LogP contribution in [0.4, 0.5) is 13.2 Å². The molecule has 0 bridgehead atoms. The Labute approximate surface area is 178 Å². The lowest BCUT2D eigenvalue weighted by molar-refractivity contribution is -0.137. The predicted molar refractivity (Wildman–Crippen MR) is 108 cm³/mol. The van der Waals surface area contributed by atoms with Gasteiger partial charge in [-0.25, -0.2) is 13.1 Å². The third kappa shape index (κ3) is 5.20. The Morgan fingerprint density at radius 3 is 2.68 bits per heavy atom. The lowest BCUT2D eigenvalue weighted by Gasteiger charge is -2.27. The maximum atomic E-state index is 13.3. The first-order valence-corrected chi connectivity index (χ1v) is 11.7. The zero-order valence-corrected chi connectivity index (χ0v) is 18.0. The summed E-state index contributed by atoms with van der Waals surface area (Å²) < 4.78 is 69.4. The molecule has 1 aliphatic heterocycles. The van der Waals surface area contributed by atoms with E-state index >= 15 is 0 Å². The van der Waals surface area contributed by atoms with Crippen molar-refractivity contribution in [2.24, 2.45) is 0 Å². The van der Waals surface area contributed by atoms with Gasteiger partial charge in [-0.3, -0.25) is 4.79 Å². The molecule has 1 fully saturated rings. The highest BCUT2D eigenvalue weighted by atomic mass is 32.2. The molecule has 0 N–H and O–H groups in total. The fourth-order valence-electron chi connectivity index (χ4n) is 3.55. The summed E-state index contributed by atoms with van der Waals surface area (Å²) in [7, 11) is -1.88. The first-order chi connectivity index (χ1) is 14.6. The second-order valence-corrected chi connectivity index (χ2v) is 9.68. The number of benzene rings is 1. The van der Waals surface area contributed by atoms with Crippen molar-refractivity contribution >= 4 is 15.7 Å². The van der Waals surface area contributed by atoms with Crippen molar-refractivity contribution in [3.63, 3.8) is 0 Å². The number of halogens is 3. The maximum absolute atomic E-state index is 13.3. The van der Waals surface area contributed by atoms with Gasteiger partial charge in [0, 0.05) is 12.6 Å². The van der Waals surface area contributed by atoms with E-state index in [0.717, 1.165) is 23.2 Å². The number of aromatic nitrogens is 2. The molecule has 1 aliphatic rings. The summed E-state index contributed by atoms with van der Waals surface area (Å²) in [5.74, 6) is -0.495. The van der Waals surface area contributed by atoms with Crippen LogP contribution in [0.5, 0.6) is 5.75 Å². The van der Waals surface area contributed by atoms with Gasteiger partial charge in [0.2, 0.25) is 0 Å². The summed E-state index contributed by atoms with van der Waals surface area (Å²) >= 11 is 0. The van der Waals surface area contributed by atoms with Crippen molar-refractivity contribution in [1.82, 2.24) is 14.7 Å². The SMILES string of the molecule is CCCCN(C(=O)c1nn(-c2cccc(C(F)(F)F)c2)cc1OC)C1CCS(=O)(=O)C1. The van der Waals surface area contributed by atoms with E-state index in [0.29, 0.717) is 19.4 Å². The standard InChI is InChI=1S/C20H24F3N3O4S/c1-3-4-9-25(16-8-10-31(28,29)13-16)19(27)18-17(30-2)12-26(24-18)15-7-5-6-14(11-15)20(21,22)23/h5-7,11-12,16H,3-4,8-10,13H2,1-2H3. The van der Waals surface area contributed by atoms with Crippen molar-refractivity contribution < 1.29 is 31.1 Å². The number of alkyl halides is 3. The average molecular weight is 459 g/mol. The fraction of sp³-hybridized carbons (Fsp3) is 0.500. The van der Waals surface area contributed by atoms with Crippen LogP contribution < -0.4 is 4.74 Å². The summed E-state index contributed by atoms with van der Waals surface area (Å²) in [5.41, 5.74) is -0.788. The third-order valence-corrected chi connectivity index (χ3v) is 6.95.